The van der Waals surface area contributed by atoms with Crippen molar-refractivity contribution >= 4 is 43.8 Å². The highest BCUT2D eigenvalue weighted by molar-refractivity contribution is 6.80. The summed E-state index contributed by atoms with van der Waals surface area (Å²) in [5, 5.41) is 0. The van der Waals surface area contributed by atoms with Gasteiger partial charge < -0.3 is 0 Å². The fourth-order valence-corrected chi connectivity index (χ4v) is 1.98. The van der Waals surface area contributed by atoms with Crippen molar-refractivity contribution in [1.82, 2.24) is 0 Å². The van der Waals surface area contributed by atoms with E-state index in [1.807, 2.05) is 0 Å². The van der Waals surface area contributed by atoms with Gasteiger partial charge >= 0.3 is 0 Å². The first kappa shape index (κ1) is 19.4. The summed E-state index contributed by atoms with van der Waals surface area (Å²) >= 11 is 16.0. The second-order valence-electron chi connectivity index (χ2n) is 3.91. The van der Waals surface area contributed by atoms with Crippen LogP contribution in [0, 0.1) is 0 Å². The lowest BCUT2D eigenvalue weighted by Gasteiger charge is -2.00. The predicted octanol–water partition coefficient (Wildman–Crippen LogP) is 4.87. The van der Waals surface area contributed by atoms with E-state index >= 15 is 0 Å². The van der Waals surface area contributed by atoms with E-state index in [4.69, 9.17) is 34.3 Å². The van der Waals surface area contributed by atoms with Crippen LogP contribution in [0.5, 0.6) is 0 Å². The third-order valence-corrected chi connectivity index (χ3v) is 3.05. The van der Waals surface area contributed by atoms with Gasteiger partial charge in [0.25, 0.3) is 0 Å². The number of alkyl halides is 2. The Morgan fingerprint density at radius 1 is 0.438 bits per heavy atom. The molecule has 0 aliphatic heterocycles. The van der Waals surface area contributed by atoms with E-state index in [2.05, 4.69) is 0 Å². The zero-order valence-electron chi connectivity index (χ0n) is 10.6. The van der Waals surface area contributed by atoms with Crippen molar-refractivity contribution in [1.29, 1.82) is 0 Å². The minimum absolute atomic E-state index is 0.778. The monoisotopic (exact) mass is 304 g/mol. The van der Waals surface area contributed by atoms with Crippen molar-refractivity contribution in [2.24, 2.45) is 0 Å². The second kappa shape index (κ2) is 21.4. The Morgan fingerprint density at radius 2 is 0.625 bits per heavy atom. The predicted molar refractivity (Wildman–Crippen MR) is 83.4 cm³/mol. The van der Waals surface area contributed by atoms with Crippen LogP contribution in [0.4, 0.5) is 0 Å². The molecule has 0 aliphatic carbocycles. The van der Waals surface area contributed by atoms with Crippen LogP contribution in [-0.2, 0) is 0 Å². The molecule has 0 saturated carbocycles. The number of hydrogen-bond donors (Lipinski definition) is 0. The van der Waals surface area contributed by atoms with Gasteiger partial charge in [0.1, 0.15) is 9.55 Å². The molecule has 4 heteroatoms. The van der Waals surface area contributed by atoms with E-state index in [9.17, 15) is 0 Å². The lowest BCUT2D eigenvalue weighted by Crippen LogP contribution is -1.83. The minimum Gasteiger partial charge on any atom is -0.181 e. The summed E-state index contributed by atoms with van der Waals surface area (Å²) in [6.45, 7) is 0. The summed E-state index contributed by atoms with van der Waals surface area (Å²) in [4.78, 5) is 0. The van der Waals surface area contributed by atoms with E-state index in [-0.39, 0.29) is 0 Å². The molecule has 100 valence electrons. The molecule has 16 heavy (non-hydrogen) atoms. The maximum absolute atomic E-state index is 5.60. The van der Waals surface area contributed by atoms with Gasteiger partial charge in [0, 0.05) is 11.8 Å². The summed E-state index contributed by atoms with van der Waals surface area (Å²) in [5.41, 5.74) is 0. The van der Waals surface area contributed by atoms with Gasteiger partial charge in [-0.15, -0.1) is 23.2 Å². The topological polar surface area (TPSA) is 0 Å². The Hall–Kier alpha value is 1.09. The first-order valence-electron chi connectivity index (χ1n) is 6.41. The molecule has 0 amide bonds. The van der Waals surface area contributed by atoms with E-state index in [0.29, 0.717) is 0 Å². The molecule has 0 radical (unpaired) electrons. The van der Waals surface area contributed by atoms with Crippen LogP contribution in [0.3, 0.4) is 0 Å². The van der Waals surface area contributed by atoms with Crippen molar-refractivity contribution in [2.75, 3.05) is 11.8 Å². The molecule has 0 aromatic rings. The van der Waals surface area contributed by atoms with Crippen molar-refractivity contribution in [2.45, 2.75) is 64.2 Å². The molecule has 0 spiro atoms. The fourth-order valence-electron chi connectivity index (χ4n) is 1.60. The molecule has 0 saturated heterocycles. The minimum atomic E-state index is 0.778. The molecule has 0 heterocycles. The first-order valence-corrected chi connectivity index (χ1v) is 10.5. The van der Waals surface area contributed by atoms with Crippen molar-refractivity contribution in [3.8, 4) is 0 Å². The van der Waals surface area contributed by atoms with Crippen LogP contribution >= 0.6 is 34.3 Å². The average molecular weight is 306 g/mol. The number of rotatable bonds is 11. The zero-order valence-corrected chi connectivity index (χ0v) is 14.9. The first-order chi connectivity index (χ1) is 7.91. The van der Waals surface area contributed by atoms with Gasteiger partial charge in [0.05, 0.1) is 0 Å². The Bertz CT molecular complexity index is 90.3. The Kier molecular flexibility index (Phi) is 26.0. The maximum Gasteiger partial charge on any atom is 0.109 e. The van der Waals surface area contributed by atoms with Crippen LogP contribution in [-0.4, -0.2) is 21.3 Å². The molecule has 0 N–H and O–H groups in total. The maximum atomic E-state index is 5.60. The molecule has 0 bridgehead atoms. The fraction of sp³-hybridized carbons (Fsp3) is 1.00. The summed E-state index contributed by atoms with van der Waals surface area (Å²) in [6.07, 6.45) is 13.4. The number of unbranched alkanes of at least 4 members (excludes halogenated alkanes) is 9. The van der Waals surface area contributed by atoms with Gasteiger partial charge in [-0.25, -0.2) is 0 Å². The molecule has 0 nitrogen and oxygen atoms in total. The zero-order chi connectivity index (χ0) is 12.5. The van der Waals surface area contributed by atoms with Crippen LogP contribution in [0.2, 0.25) is 0 Å². The highest BCUT2D eigenvalue weighted by Gasteiger charge is 1.92. The SMILES string of the molecule is ClCCCCCCCCCCCCCl.[SiH3]Cl. The van der Waals surface area contributed by atoms with Crippen LogP contribution in [0.1, 0.15) is 64.2 Å². The second-order valence-corrected chi connectivity index (χ2v) is 4.67. The number of hydrogen-bond acceptors (Lipinski definition) is 0. The van der Waals surface area contributed by atoms with E-state index in [0.717, 1.165) is 21.3 Å². The molecular formula is C12H27Cl3Si. The third-order valence-electron chi connectivity index (χ3n) is 2.52. The van der Waals surface area contributed by atoms with Gasteiger partial charge in [-0.1, -0.05) is 51.4 Å². The standard InChI is InChI=1S/C12H24Cl2.ClH3Si/c13-11-9-7-5-3-1-2-4-6-8-10-12-14;1-2/h1-12H2;2H3. The molecule has 0 aromatic carbocycles. The Balaban J connectivity index is 0. The molecule has 0 aliphatic rings. The number of halogens is 3. The van der Waals surface area contributed by atoms with Gasteiger partial charge in [-0.3, -0.25) is 0 Å². The highest BCUT2D eigenvalue weighted by Crippen LogP contribution is 2.10. The van der Waals surface area contributed by atoms with Gasteiger partial charge in [-0.2, -0.15) is 11.1 Å². The lowest BCUT2D eigenvalue weighted by molar-refractivity contribution is 0.563. The summed E-state index contributed by atoms with van der Waals surface area (Å²) in [7, 11) is 0.778. The van der Waals surface area contributed by atoms with E-state index < -0.39 is 0 Å². The highest BCUT2D eigenvalue weighted by atomic mass is 35.6. The van der Waals surface area contributed by atoms with Crippen molar-refractivity contribution in [3.05, 3.63) is 0 Å². The van der Waals surface area contributed by atoms with Crippen molar-refractivity contribution < 1.29 is 0 Å². The summed E-state index contributed by atoms with van der Waals surface area (Å²) in [5.74, 6) is 1.66. The van der Waals surface area contributed by atoms with Crippen molar-refractivity contribution in [3.63, 3.8) is 0 Å². The van der Waals surface area contributed by atoms with Crippen LogP contribution < -0.4 is 0 Å². The van der Waals surface area contributed by atoms with Gasteiger partial charge in [0.2, 0.25) is 0 Å². The molecule has 0 atom stereocenters. The van der Waals surface area contributed by atoms with Crippen LogP contribution in [0.25, 0.3) is 0 Å². The van der Waals surface area contributed by atoms with Crippen LogP contribution in [0.15, 0.2) is 0 Å². The molecular weight excluding hydrogens is 279 g/mol. The smallest absolute Gasteiger partial charge is 0.109 e. The Morgan fingerprint density at radius 3 is 0.812 bits per heavy atom. The Labute approximate surface area is 120 Å². The molecule has 0 fully saturated rings. The quantitative estimate of drug-likeness (QED) is 0.221. The molecule has 0 unspecified atom stereocenters. The molecule has 0 aromatic heterocycles. The normalized spacial score (nSPS) is 9.94. The lowest BCUT2D eigenvalue weighted by atomic mass is 10.1. The molecule has 0 rings (SSSR count). The van der Waals surface area contributed by atoms with E-state index in [1.165, 1.54) is 64.2 Å². The van der Waals surface area contributed by atoms with Gasteiger partial charge in [-0.05, 0) is 12.8 Å². The van der Waals surface area contributed by atoms with Gasteiger partial charge in [0.15, 0.2) is 0 Å². The largest absolute Gasteiger partial charge is 0.181 e. The average Bonchev–Trinajstić information content (AvgIpc) is 2.34. The summed E-state index contributed by atoms with van der Waals surface area (Å²) in [6, 6.07) is 0. The third kappa shape index (κ3) is 20.5. The summed E-state index contributed by atoms with van der Waals surface area (Å²) < 4.78 is 0. The van der Waals surface area contributed by atoms with E-state index in [1.54, 1.807) is 0 Å².